The second kappa shape index (κ2) is 9.93. The van der Waals surface area contributed by atoms with Crippen LogP contribution in [0, 0.1) is 10.1 Å². The molecule has 0 unspecified atom stereocenters. The van der Waals surface area contributed by atoms with Gasteiger partial charge in [-0.05, 0) is 37.1 Å². The highest BCUT2D eigenvalue weighted by molar-refractivity contribution is 6.05. The normalized spacial score (nSPS) is 13.2. The molecule has 1 N–H and O–H groups in total. The number of nitro groups is 1. The molecule has 0 atom stereocenters. The summed E-state index contributed by atoms with van der Waals surface area (Å²) in [7, 11) is 3.10. The number of nitrogens with one attached hydrogen (secondary N) is 1. The number of amides is 1. The lowest BCUT2D eigenvalue weighted by Gasteiger charge is -2.18. The Morgan fingerprint density at radius 2 is 1.87 bits per heavy atom. The van der Waals surface area contributed by atoms with Crippen LogP contribution in [-0.2, 0) is 4.74 Å². The minimum atomic E-state index is -0.445. The molecule has 0 spiro atoms. The van der Waals surface area contributed by atoms with Crippen LogP contribution >= 0.6 is 0 Å². The van der Waals surface area contributed by atoms with E-state index in [-0.39, 0.29) is 11.3 Å². The summed E-state index contributed by atoms with van der Waals surface area (Å²) in [6.45, 7) is 2.30. The summed E-state index contributed by atoms with van der Waals surface area (Å²) in [6.07, 6.45) is 2.01. The average Bonchev–Trinajstić information content (AvgIpc) is 3.28. The van der Waals surface area contributed by atoms with E-state index in [9.17, 15) is 14.9 Å². The van der Waals surface area contributed by atoms with E-state index in [1.807, 2.05) is 4.90 Å². The lowest BCUT2D eigenvalue weighted by Crippen LogP contribution is -2.19. The van der Waals surface area contributed by atoms with Crippen LogP contribution in [-0.4, -0.2) is 51.4 Å². The Hall–Kier alpha value is -3.33. The fourth-order valence-corrected chi connectivity index (χ4v) is 3.34. The number of anilines is 2. The van der Waals surface area contributed by atoms with Crippen LogP contribution in [0.15, 0.2) is 36.4 Å². The maximum atomic E-state index is 12.7. The van der Waals surface area contributed by atoms with Gasteiger partial charge in [0, 0.05) is 43.6 Å². The standard InChI is InChI=1S/C21H25N3O6/c1-28-11-12-30-20-14-16(6-8-19(20)29-2)22-21(25)15-5-7-17(18(13-15)24(26)27)23-9-3-4-10-23/h5-8,13-14H,3-4,9-12H2,1-2H3,(H,22,25). The second-order valence-electron chi connectivity index (χ2n) is 6.82. The van der Waals surface area contributed by atoms with Crippen LogP contribution in [0.3, 0.4) is 0 Å². The van der Waals surface area contributed by atoms with Crippen LogP contribution in [0.4, 0.5) is 17.1 Å². The van der Waals surface area contributed by atoms with Gasteiger partial charge in [0.05, 0.1) is 18.6 Å². The number of rotatable bonds is 9. The Labute approximate surface area is 174 Å². The Kier molecular flexibility index (Phi) is 7.08. The van der Waals surface area contributed by atoms with Gasteiger partial charge in [-0.1, -0.05) is 0 Å². The molecule has 2 aromatic carbocycles. The Morgan fingerprint density at radius 1 is 1.10 bits per heavy atom. The number of carbonyl (C=O) groups excluding carboxylic acids is 1. The molecule has 1 amide bonds. The molecule has 1 fully saturated rings. The highest BCUT2D eigenvalue weighted by Gasteiger charge is 2.24. The summed E-state index contributed by atoms with van der Waals surface area (Å²) >= 11 is 0. The molecule has 2 aromatic rings. The van der Waals surface area contributed by atoms with Gasteiger partial charge in [-0.25, -0.2) is 0 Å². The van der Waals surface area contributed by atoms with Crippen LogP contribution in [0.2, 0.25) is 0 Å². The fraction of sp³-hybridized carbons (Fsp3) is 0.381. The lowest BCUT2D eigenvalue weighted by molar-refractivity contribution is -0.384. The number of hydrogen-bond donors (Lipinski definition) is 1. The quantitative estimate of drug-likeness (QED) is 0.380. The molecule has 0 bridgehead atoms. The average molecular weight is 415 g/mol. The van der Waals surface area contributed by atoms with E-state index < -0.39 is 10.8 Å². The smallest absolute Gasteiger partial charge is 0.293 e. The van der Waals surface area contributed by atoms with Gasteiger partial charge in [-0.2, -0.15) is 0 Å². The van der Waals surface area contributed by atoms with Crippen LogP contribution in [0.1, 0.15) is 23.2 Å². The van der Waals surface area contributed by atoms with Crippen molar-refractivity contribution < 1.29 is 23.9 Å². The predicted molar refractivity (Wildman–Crippen MR) is 113 cm³/mol. The fourth-order valence-electron chi connectivity index (χ4n) is 3.34. The first-order valence-corrected chi connectivity index (χ1v) is 9.68. The summed E-state index contributed by atoms with van der Waals surface area (Å²) in [5.74, 6) is 0.538. The first kappa shape index (κ1) is 21.4. The third-order valence-electron chi connectivity index (χ3n) is 4.85. The third kappa shape index (κ3) is 4.98. The summed E-state index contributed by atoms with van der Waals surface area (Å²) in [5, 5.41) is 14.3. The first-order chi connectivity index (χ1) is 14.5. The number of nitrogens with zero attached hydrogens (tertiary/aromatic N) is 2. The predicted octanol–water partition coefficient (Wildman–Crippen LogP) is 3.48. The van der Waals surface area contributed by atoms with Crippen LogP contribution in [0.5, 0.6) is 11.5 Å². The highest BCUT2D eigenvalue weighted by atomic mass is 16.6. The van der Waals surface area contributed by atoms with Crippen molar-refractivity contribution in [2.75, 3.05) is 50.7 Å². The van der Waals surface area contributed by atoms with Crippen molar-refractivity contribution in [3.63, 3.8) is 0 Å². The molecule has 9 heteroatoms. The third-order valence-corrected chi connectivity index (χ3v) is 4.85. The molecule has 0 aliphatic carbocycles. The zero-order chi connectivity index (χ0) is 21.5. The van der Waals surface area contributed by atoms with Crippen molar-refractivity contribution >= 4 is 23.0 Å². The maximum absolute atomic E-state index is 12.7. The van der Waals surface area contributed by atoms with Gasteiger partial charge in [0.1, 0.15) is 12.3 Å². The minimum absolute atomic E-state index is 0.0668. The van der Waals surface area contributed by atoms with Crippen LogP contribution < -0.4 is 19.7 Å². The summed E-state index contributed by atoms with van der Waals surface area (Å²) < 4.78 is 15.9. The first-order valence-electron chi connectivity index (χ1n) is 9.68. The summed E-state index contributed by atoms with van der Waals surface area (Å²) in [6, 6.07) is 9.56. The van der Waals surface area contributed by atoms with Gasteiger partial charge in [-0.3, -0.25) is 14.9 Å². The van der Waals surface area contributed by atoms with Gasteiger partial charge >= 0.3 is 0 Å². The SMILES string of the molecule is COCCOc1cc(NC(=O)c2ccc(N3CCCC3)c([N+](=O)[O-])c2)ccc1OC. The number of nitro benzene ring substituents is 1. The molecule has 9 nitrogen and oxygen atoms in total. The van der Waals surface area contributed by atoms with Gasteiger partial charge in [-0.15, -0.1) is 0 Å². The molecule has 3 rings (SSSR count). The van der Waals surface area contributed by atoms with Crippen LogP contribution in [0.25, 0.3) is 0 Å². The highest BCUT2D eigenvalue weighted by Crippen LogP contribution is 2.33. The summed E-state index contributed by atoms with van der Waals surface area (Å²) in [4.78, 5) is 25.8. The molecule has 30 heavy (non-hydrogen) atoms. The zero-order valence-corrected chi connectivity index (χ0v) is 17.1. The summed E-state index contributed by atoms with van der Waals surface area (Å²) in [5.41, 5.74) is 1.18. The van der Waals surface area contributed by atoms with Crippen molar-refractivity contribution in [2.24, 2.45) is 0 Å². The molecular formula is C21H25N3O6. The van der Waals surface area contributed by atoms with Crippen molar-refractivity contribution in [1.29, 1.82) is 0 Å². The Bertz CT molecular complexity index is 912. The van der Waals surface area contributed by atoms with E-state index >= 15 is 0 Å². The molecule has 0 saturated carbocycles. The van der Waals surface area contributed by atoms with E-state index in [0.717, 1.165) is 25.9 Å². The topological polar surface area (TPSA) is 103 Å². The minimum Gasteiger partial charge on any atom is -0.493 e. The van der Waals surface area contributed by atoms with Crippen molar-refractivity contribution in [3.8, 4) is 11.5 Å². The lowest BCUT2D eigenvalue weighted by atomic mass is 10.1. The van der Waals surface area contributed by atoms with E-state index in [4.69, 9.17) is 14.2 Å². The van der Waals surface area contributed by atoms with Crippen molar-refractivity contribution in [3.05, 3.63) is 52.1 Å². The molecule has 0 aromatic heterocycles. The largest absolute Gasteiger partial charge is 0.493 e. The maximum Gasteiger partial charge on any atom is 0.293 e. The van der Waals surface area contributed by atoms with Crippen molar-refractivity contribution in [2.45, 2.75) is 12.8 Å². The molecule has 0 radical (unpaired) electrons. The van der Waals surface area contributed by atoms with E-state index in [2.05, 4.69) is 5.32 Å². The number of ether oxygens (including phenoxy) is 3. The van der Waals surface area contributed by atoms with Gasteiger partial charge in [0.15, 0.2) is 11.5 Å². The van der Waals surface area contributed by atoms with Gasteiger partial charge < -0.3 is 24.4 Å². The number of hydrogen-bond acceptors (Lipinski definition) is 7. The van der Waals surface area contributed by atoms with E-state index in [1.54, 1.807) is 37.4 Å². The molecule has 1 heterocycles. The van der Waals surface area contributed by atoms with E-state index in [0.29, 0.717) is 36.1 Å². The molecule has 1 aliphatic heterocycles. The number of benzene rings is 2. The molecular weight excluding hydrogens is 390 g/mol. The number of methoxy groups -OCH3 is 2. The Morgan fingerprint density at radius 3 is 2.53 bits per heavy atom. The van der Waals surface area contributed by atoms with E-state index in [1.165, 1.54) is 13.2 Å². The van der Waals surface area contributed by atoms with Crippen molar-refractivity contribution in [1.82, 2.24) is 0 Å². The second-order valence-corrected chi connectivity index (χ2v) is 6.82. The number of carbonyl (C=O) groups is 1. The zero-order valence-electron chi connectivity index (χ0n) is 17.1. The Balaban J connectivity index is 1.79. The van der Waals surface area contributed by atoms with Gasteiger partial charge in [0.25, 0.3) is 11.6 Å². The molecule has 1 saturated heterocycles. The monoisotopic (exact) mass is 415 g/mol. The van der Waals surface area contributed by atoms with Gasteiger partial charge in [0.2, 0.25) is 0 Å². The molecule has 160 valence electrons. The molecule has 1 aliphatic rings.